The Labute approximate surface area is 121 Å². The van der Waals surface area contributed by atoms with Crippen molar-refractivity contribution in [2.45, 2.75) is 52.9 Å². The zero-order valence-corrected chi connectivity index (χ0v) is 12.8. The second-order valence-corrected chi connectivity index (χ2v) is 5.89. The maximum atomic E-state index is 12.3. The van der Waals surface area contributed by atoms with E-state index in [4.69, 9.17) is 0 Å². The summed E-state index contributed by atoms with van der Waals surface area (Å²) < 4.78 is 0. The van der Waals surface area contributed by atoms with Crippen LogP contribution in [0, 0.1) is 12.8 Å². The highest BCUT2D eigenvalue weighted by molar-refractivity contribution is 5.79. The largest absolute Gasteiger partial charge is 0.358 e. The van der Waals surface area contributed by atoms with Crippen LogP contribution in [-0.2, 0) is 6.42 Å². The second-order valence-electron chi connectivity index (χ2n) is 5.89. The Morgan fingerprint density at radius 2 is 1.95 bits per heavy atom. The Hall–Kier alpha value is -1.57. The molecule has 2 rings (SSSR count). The molecule has 0 radical (unpaired) electrons. The first-order valence-corrected chi connectivity index (χ1v) is 7.74. The lowest BCUT2D eigenvalue weighted by Gasteiger charge is -2.12. The molecule has 1 atom stereocenters. The van der Waals surface area contributed by atoms with Crippen molar-refractivity contribution >= 4 is 10.9 Å². The third-order valence-corrected chi connectivity index (χ3v) is 4.19. The number of pyridine rings is 1. The van der Waals surface area contributed by atoms with Crippen LogP contribution in [0.5, 0.6) is 0 Å². The standard InChI is InChI=1S/C18H25NO/c1-4-5-8-13(2)11-12-16-14(3)18(20)15-9-6-7-10-17(15)19-16/h6-7,9-10,13H,4-5,8,11-12H2,1-3H3,(H,19,20). The van der Waals surface area contributed by atoms with Crippen LogP contribution in [0.1, 0.15) is 50.8 Å². The topological polar surface area (TPSA) is 32.9 Å². The lowest BCUT2D eigenvalue weighted by molar-refractivity contribution is 0.469. The van der Waals surface area contributed by atoms with E-state index in [1.807, 2.05) is 31.2 Å². The number of aryl methyl sites for hydroxylation is 1. The van der Waals surface area contributed by atoms with Crippen LogP contribution in [0.4, 0.5) is 0 Å². The monoisotopic (exact) mass is 271 g/mol. The summed E-state index contributed by atoms with van der Waals surface area (Å²) in [6.45, 7) is 6.49. The van der Waals surface area contributed by atoms with Crippen molar-refractivity contribution in [2.24, 2.45) is 5.92 Å². The van der Waals surface area contributed by atoms with Crippen LogP contribution >= 0.6 is 0 Å². The highest BCUT2D eigenvalue weighted by Crippen LogP contribution is 2.17. The smallest absolute Gasteiger partial charge is 0.192 e. The fourth-order valence-corrected chi connectivity index (χ4v) is 2.72. The van der Waals surface area contributed by atoms with Crippen molar-refractivity contribution in [1.82, 2.24) is 4.98 Å². The third-order valence-electron chi connectivity index (χ3n) is 4.19. The maximum Gasteiger partial charge on any atom is 0.192 e. The number of rotatable bonds is 6. The van der Waals surface area contributed by atoms with Gasteiger partial charge in [0.1, 0.15) is 0 Å². The molecule has 20 heavy (non-hydrogen) atoms. The van der Waals surface area contributed by atoms with E-state index in [0.29, 0.717) is 0 Å². The lowest BCUT2D eigenvalue weighted by Crippen LogP contribution is -2.12. The molecule has 0 amide bonds. The van der Waals surface area contributed by atoms with Crippen molar-refractivity contribution < 1.29 is 0 Å². The summed E-state index contributed by atoms with van der Waals surface area (Å²) in [6.07, 6.45) is 5.96. The molecule has 2 nitrogen and oxygen atoms in total. The number of H-pyrrole nitrogens is 1. The average Bonchev–Trinajstić information content (AvgIpc) is 2.47. The number of hydrogen-bond acceptors (Lipinski definition) is 1. The van der Waals surface area contributed by atoms with Crippen molar-refractivity contribution in [3.63, 3.8) is 0 Å². The van der Waals surface area contributed by atoms with Crippen molar-refractivity contribution in [3.8, 4) is 0 Å². The maximum absolute atomic E-state index is 12.3. The van der Waals surface area contributed by atoms with Gasteiger partial charge in [0.15, 0.2) is 5.43 Å². The summed E-state index contributed by atoms with van der Waals surface area (Å²) in [4.78, 5) is 15.8. The number of para-hydroxylation sites is 1. The summed E-state index contributed by atoms with van der Waals surface area (Å²) in [7, 11) is 0. The molecule has 2 heteroatoms. The molecule has 2 aromatic rings. The molecule has 1 aromatic carbocycles. The quantitative estimate of drug-likeness (QED) is 0.818. The Bertz CT molecular complexity index is 627. The van der Waals surface area contributed by atoms with Crippen LogP contribution in [-0.4, -0.2) is 4.98 Å². The minimum Gasteiger partial charge on any atom is -0.358 e. The molecule has 0 fully saturated rings. The molecule has 0 aliphatic heterocycles. The number of benzene rings is 1. The van der Waals surface area contributed by atoms with E-state index in [2.05, 4.69) is 18.8 Å². The van der Waals surface area contributed by atoms with E-state index in [9.17, 15) is 4.79 Å². The molecule has 0 saturated heterocycles. The fourth-order valence-electron chi connectivity index (χ4n) is 2.72. The van der Waals surface area contributed by atoms with E-state index in [1.165, 1.54) is 19.3 Å². The number of unbranched alkanes of at least 4 members (excludes halogenated alkanes) is 1. The van der Waals surface area contributed by atoms with Crippen LogP contribution in [0.3, 0.4) is 0 Å². The number of aromatic nitrogens is 1. The first-order chi connectivity index (χ1) is 9.63. The number of hydrogen-bond donors (Lipinski definition) is 1. The molecule has 1 unspecified atom stereocenters. The van der Waals surface area contributed by atoms with Gasteiger partial charge in [0, 0.05) is 22.2 Å². The van der Waals surface area contributed by atoms with Gasteiger partial charge in [0.2, 0.25) is 0 Å². The highest BCUT2D eigenvalue weighted by Gasteiger charge is 2.09. The predicted octanol–water partition coefficient (Wildman–Crippen LogP) is 4.60. The number of aromatic amines is 1. The number of fused-ring (bicyclic) bond motifs is 1. The molecule has 1 heterocycles. The van der Waals surface area contributed by atoms with Gasteiger partial charge in [-0.1, -0.05) is 45.2 Å². The summed E-state index contributed by atoms with van der Waals surface area (Å²) in [5.41, 5.74) is 3.12. The van der Waals surface area contributed by atoms with Gasteiger partial charge in [-0.05, 0) is 37.8 Å². The van der Waals surface area contributed by atoms with E-state index >= 15 is 0 Å². The third kappa shape index (κ3) is 3.30. The SMILES string of the molecule is CCCCC(C)CCc1[nH]c2ccccc2c(=O)c1C. The van der Waals surface area contributed by atoms with E-state index in [0.717, 1.165) is 40.9 Å². The first-order valence-electron chi connectivity index (χ1n) is 7.74. The Morgan fingerprint density at radius 1 is 1.20 bits per heavy atom. The summed E-state index contributed by atoms with van der Waals surface area (Å²) >= 11 is 0. The van der Waals surface area contributed by atoms with Crippen molar-refractivity contribution in [1.29, 1.82) is 0 Å². The minimum atomic E-state index is 0.176. The average molecular weight is 271 g/mol. The lowest BCUT2D eigenvalue weighted by atomic mass is 9.96. The molecule has 108 valence electrons. The van der Waals surface area contributed by atoms with Crippen molar-refractivity contribution in [3.05, 3.63) is 45.7 Å². The molecule has 0 spiro atoms. The summed E-state index contributed by atoms with van der Waals surface area (Å²) in [5, 5.41) is 0.799. The molecular weight excluding hydrogens is 246 g/mol. The van der Waals surface area contributed by atoms with Crippen LogP contribution < -0.4 is 5.43 Å². The highest BCUT2D eigenvalue weighted by atomic mass is 16.1. The van der Waals surface area contributed by atoms with Crippen LogP contribution in [0.2, 0.25) is 0 Å². The van der Waals surface area contributed by atoms with Gasteiger partial charge in [-0.3, -0.25) is 4.79 Å². The van der Waals surface area contributed by atoms with E-state index in [1.54, 1.807) is 0 Å². The van der Waals surface area contributed by atoms with Gasteiger partial charge >= 0.3 is 0 Å². The molecule has 0 saturated carbocycles. The molecule has 0 aliphatic rings. The van der Waals surface area contributed by atoms with Crippen LogP contribution in [0.25, 0.3) is 10.9 Å². The molecule has 1 aromatic heterocycles. The Kier molecular flexibility index (Phi) is 4.99. The Morgan fingerprint density at radius 3 is 2.70 bits per heavy atom. The molecule has 1 N–H and O–H groups in total. The van der Waals surface area contributed by atoms with Gasteiger partial charge in [-0.15, -0.1) is 0 Å². The zero-order chi connectivity index (χ0) is 14.5. The van der Waals surface area contributed by atoms with Gasteiger partial charge in [-0.2, -0.15) is 0 Å². The zero-order valence-electron chi connectivity index (χ0n) is 12.8. The summed E-state index contributed by atoms with van der Waals surface area (Å²) in [5.74, 6) is 0.726. The van der Waals surface area contributed by atoms with Crippen molar-refractivity contribution in [2.75, 3.05) is 0 Å². The number of nitrogens with one attached hydrogen (secondary N) is 1. The first kappa shape index (κ1) is 14.8. The predicted molar refractivity (Wildman–Crippen MR) is 86.3 cm³/mol. The second kappa shape index (κ2) is 6.74. The molecule has 0 bridgehead atoms. The summed E-state index contributed by atoms with van der Waals surface area (Å²) in [6, 6.07) is 7.78. The van der Waals surface area contributed by atoms with Gasteiger partial charge in [-0.25, -0.2) is 0 Å². The molecule has 0 aliphatic carbocycles. The Balaban J connectivity index is 2.18. The van der Waals surface area contributed by atoms with Gasteiger partial charge in [0.25, 0.3) is 0 Å². The normalized spacial score (nSPS) is 12.8. The van der Waals surface area contributed by atoms with E-state index < -0.39 is 0 Å². The van der Waals surface area contributed by atoms with Gasteiger partial charge < -0.3 is 4.98 Å². The molecular formula is C18H25NO. The van der Waals surface area contributed by atoms with Gasteiger partial charge in [0.05, 0.1) is 0 Å². The van der Waals surface area contributed by atoms with Crippen LogP contribution in [0.15, 0.2) is 29.1 Å². The minimum absolute atomic E-state index is 0.176. The van der Waals surface area contributed by atoms with E-state index in [-0.39, 0.29) is 5.43 Å². The fraction of sp³-hybridized carbons (Fsp3) is 0.500.